The number of halogens is 2. The fourth-order valence-electron chi connectivity index (χ4n) is 6.27. The lowest BCUT2D eigenvalue weighted by atomic mass is 9.95. The van der Waals surface area contributed by atoms with Gasteiger partial charge in [-0.1, -0.05) is 48.5 Å². The Kier molecular flexibility index (Phi) is 7.70. The topological polar surface area (TPSA) is 99.2 Å². The second-order valence-corrected chi connectivity index (χ2v) is 11.3. The first kappa shape index (κ1) is 28.3. The van der Waals surface area contributed by atoms with Gasteiger partial charge in [-0.2, -0.15) is 0 Å². The highest BCUT2D eigenvalue weighted by Crippen LogP contribution is 2.46. The molecular weight excluding hydrogens is 577 g/mol. The monoisotopic (exact) mass is 605 g/mol. The fourth-order valence-corrected chi connectivity index (χ4v) is 6.77. The van der Waals surface area contributed by atoms with Crippen LogP contribution in [0.25, 0.3) is 21.5 Å². The normalized spacial score (nSPS) is 17.5. The molecule has 0 saturated carbocycles. The van der Waals surface area contributed by atoms with Crippen molar-refractivity contribution in [2.45, 2.75) is 18.8 Å². The molecule has 0 aliphatic carbocycles. The van der Waals surface area contributed by atoms with Gasteiger partial charge >= 0.3 is 5.97 Å². The summed E-state index contributed by atoms with van der Waals surface area (Å²) >= 11 is 12.6. The summed E-state index contributed by atoms with van der Waals surface area (Å²) in [5.74, 6) is 0.0423. The molecule has 4 aromatic carbocycles. The summed E-state index contributed by atoms with van der Waals surface area (Å²) in [4.78, 5) is 41.9. The van der Waals surface area contributed by atoms with E-state index in [1.165, 1.54) is 6.92 Å². The van der Waals surface area contributed by atoms with Crippen molar-refractivity contribution >= 4 is 73.9 Å². The molecule has 0 saturated heterocycles. The zero-order valence-corrected chi connectivity index (χ0v) is 24.4. The van der Waals surface area contributed by atoms with Crippen LogP contribution in [0.1, 0.15) is 29.9 Å². The SMILES string of the molecule is CC(=O)Oc1cc2c(c3ccccc13)[C@H](CCl)CN2C(=O)CNCC(=O)N1C[C@@H](CCl)c2c1cc(O)c1ccccc21. The van der Waals surface area contributed by atoms with E-state index in [1.807, 2.05) is 48.5 Å². The standard InChI is InChI=1S/C32H29Cl2N3O5/c1-18(38)42-28-11-26-32(24-9-5-3-7-22(24)28)20(13-34)17-37(26)30(41)15-35-14-29(40)36-16-19(12-33)31-23-8-4-2-6-21(23)27(39)10-25(31)36/h2-11,19-20,35,39H,12-17H2,1H3/t19-,20-/m1/s1. The Bertz CT molecular complexity index is 1740. The van der Waals surface area contributed by atoms with E-state index >= 15 is 0 Å². The van der Waals surface area contributed by atoms with Crippen LogP contribution >= 0.6 is 23.2 Å². The lowest BCUT2D eigenvalue weighted by Gasteiger charge is -2.21. The molecule has 0 aromatic heterocycles. The number of alkyl halides is 2. The number of esters is 1. The van der Waals surface area contributed by atoms with Crippen molar-refractivity contribution in [3.63, 3.8) is 0 Å². The van der Waals surface area contributed by atoms with E-state index in [0.29, 0.717) is 42.0 Å². The van der Waals surface area contributed by atoms with Crippen LogP contribution in [-0.2, 0) is 14.4 Å². The van der Waals surface area contributed by atoms with Crippen molar-refractivity contribution in [1.82, 2.24) is 5.32 Å². The Morgan fingerprint density at radius 3 is 1.81 bits per heavy atom. The number of carbonyl (C=O) groups is 3. The summed E-state index contributed by atoms with van der Waals surface area (Å²) in [6.45, 7) is 1.95. The number of aromatic hydroxyl groups is 1. The van der Waals surface area contributed by atoms with Crippen molar-refractivity contribution < 1.29 is 24.2 Å². The van der Waals surface area contributed by atoms with E-state index < -0.39 is 5.97 Å². The van der Waals surface area contributed by atoms with Crippen molar-refractivity contribution in [2.75, 3.05) is 47.7 Å². The predicted molar refractivity (Wildman–Crippen MR) is 165 cm³/mol. The molecule has 2 atom stereocenters. The van der Waals surface area contributed by atoms with Gasteiger partial charge in [-0.3, -0.25) is 19.7 Å². The molecule has 0 unspecified atom stereocenters. The predicted octanol–water partition coefficient (Wildman–Crippen LogP) is 5.25. The molecule has 0 bridgehead atoms. The zero-order chi connectivity index (χ0) is 29.5. The Morgan fingerprint density at radius 2 is 1.29 bits per heavy atom. The second-order valence-electron chi connectivity index (χ2n) is 10.6. The smallest absolute Gasteiger partial charge is 0.308 e. The maximum Gasteiger partial charge on any atom is 0.308 e. The van der Waals surface area contributed by atoms with Crippen LogP contribution in [0.5, 0.6) is 11.5 Å². The number of nitrogens with zero attached hydrogens (tertiary/aromatic N) is 2. The summed E-state index contributed by atoms with van der Waals surface area (Å²) in [5, 5.41) is 16.9. The molecule has 2 aliphatic heterocycles. The van der Waals surface area contributed by atoms with E-state index in [-0.39, 0.29) is 42.5 Å². The molecule has 2 amide bonds. The number of nitrogens with one attached hydrogen (secondary N) is 1. The molecular formula is C32H29Cl2N3O5. The molecule has 2 heterocycles. The maximum atomic E-state index is 13.5. The van der Waals surface area contributed by atoms with Crippen molar-refractivity contribution in [3.05, 3.63) is 71.8 Å². The number of hydrogen-bond donors (Lipinski definition) is 2. The van der Waals surface area contributed by atoms with E-state index in [1.54, 1.807) is 21.9 Å². The van der Waals surface area contributed by atoms with E-state index in [0.717, 1.165) is 32.7 Å². The van der Waals surface area contributed by atoms with Crippen LogP contribution in [0.3, 0.4) is 0 Å². The third kappa shape index (κ3) is 4.83. The van der Waals surface area contributed by atoms with E-state index in [4.69, 9.17) is 27.9 Å². The molecule has 0 fully saturated rings. The zero-order valence-electron chi connectivity index (χ0n) is 22.9. The highest BCUT2D eigenvalue weighted by Gasteiger charge is 2.36. The molecule has 2 aliphatic rings. The molecule has 6 rings (SSSR count). The van der Waals surface area contributed by atoms with Crippen LogP contribution < -0.4 is 19.9 Å². The first-order chi connectivity index (χ1) is 20.3. The summed E-state index contributed by atoms with van der Waals surface area (Å²) in [6, 6.07) is 18.5. The van der Waals surface area contributed by atoms with E-state index in [9.17, 15) is 19.5 Å². The van der Waals surface area contributed by atoms with Gasteiger partial charge in [0.25, 0.3) is 0 Å². The number of benzene rings is 4. The first-order valence-corrected chi connectivity index (χ1v) is 14.8. The fraction of sp³-hybridized carbons (Fsp3) is 0.281. The number of ether oxygens (including phenoxy) is 1. The lowest BCUT2D eigenvalue weighted by molar-refractivity contribution is -0.131. The van der Waals surface area contributed by atoms with Gasteiger partial charge in [0, 0.05) is 66.5 Å². The number of anilines is 2. The van der Waals surface area contributed by atoms with Crippen LogP contribution in [0.15, 0.2) is 60.7 Å². The average molecular weight is 607 g/mol. The average Bonchev–Trinajstić information content (AvgIpc) is 3.55. The minimum Gasteiger partial charge on any atom is -0.507 e. The Hall–Kier alpha value is -3.85. The van der Waals surface area contributed by atoms with Gasteiger partial charge in [0.05, 0.1) is 24.5 Å². The van der Waals surface area contributed by atoms with Crippen molar-refractivity contribution in [2.24, 2.45) is 0 Å². The van der Waals surface area contributed by atoms with Gasteiger partial charge in [0.15, 0.2) is 0 Å². The number of rotatable bonds is 7. The van der Waals surface area contributed by atoms with E-state index in [2.05, 4.69) is 5.32 Å². The third-order valence-corrected chi connectivity index (χ3v) is 8.80. The highest BCUT2D eigenvalue weighted by molar-refractivity contribution is 6.19. The van der Waals surface area contributed by atoms with Gasteiger partial charge in [-0.15, -0.1) is 23.2 Å². The van der Waals surface area contributed by atoms with Crippen LogP contribution in [-0.4, -0.2) is 60.8 Å². The van der Waals surface area contributed by atoms with Crippen molar-refractivity contribution in [3.8, 4) is 11.5 Å². The van der Waals surface area contributed by atoms with Gasteiger partial charge < -0.3 is 19.6 Å². The van der Waals surface area contributed by atoms with Gasteiger partial charge in [0.2, 0.25) is 11.8 Å². The second kappa shape index (κ2) is 11.4. The lowest BCUT2D eigenvalue weighted by Crippen LogP contribution is -2.43. The molecule has 8 nitrogen and oxygen atoms in total. The van der Waals surface area contributed by atoms with Crippen LogP contribution in [0.4, 0.5) is 11.4 Å². The molecule has 0 radical (unpaired) electrons. The van der Waals surface area contributed by atoms with Crippen molar-refractivity contribution in [1.29, 1.82) is 0 Å². The number of amides is 2. The largest absolute Gasteiger partial charge is 0.507 e. The number of phenolic OH excluding ortho intramolecular Hbond substituents is 1. The Balaban J connectivity index is 1.21. The van der Waals surface area contributed by atoms with Crippen LogP contribution in [0.2, 0.25) is 0 Å². The molecule has 10 heteroatoms. The molecule has 4 aromatic rings. The number of hydrogen-bond acceptors (Lipinski definition) is 6. The summed E-state index contributed by atoms with van der Waals surface area (Å²) in [5.41, 5.74) is 3.17. The van der Waals surface area contributed by atoms with Crippen LogP contribution in [0, 0.1) is 0 Å². The summed E-state index contributed by atoms with van der Waals surface area (Å²) < 4.78 is 5.50. The minimum atomic E-state index is -0.453. The summed E-state index contributed by atoms with van der Waals surface area (Å²) in [7, 11) is 0. The number of carbonyl (C=O) groups excluding carboxylic acids is 3. The highest BCUT2D eigenvalue weighted by atomic mass is 35.5. The molecule has 216 valence electrons. The van der Waals surface area contributed by atoms with Gasteiger partial charge in [-0.25, -0.2) is 0 Å². The quantitative estimate of drug-likeness (QED) is 0.169. The minimum absolute atomic E-state index is 0.0763. The van der Waals surface area contributed by atoms with Gasteiger partial charge in [-0.05, 0) is 21.9 Å². The molecule has 0 spiro atoms. The summed E-state index contributed by atoms with van der Waals surface area (Å²) in [6.07, 6.45) is 0. The number of phenols is 1. The van der Waals surface area contributed by atoms with Gasteiger partial charge in [0.1, 0.15) is 11.5 Å². The Labute approximate surface area is 252 Å². The third-order valence-electron chi connectivity index (χ3n) is 8.05. The Morgan fingerprint density at radius 1 is 0.810 bits per heavy atom. The molecule has 2 N–H and O–H groups in total. The number of fused-ring (bicyclic) bond motifs is 6. The molecule has 42 heavy (non-hydrogen) atoms. The first-order valence-electron chi connectivity index (χ1n) is 13.7. The maximum absolute atomic E-state index is 13.5.